The second-order valence-electron chi connectivity index (χ2n) is 3.26. The van der Waals surface area contributed by atoms with Gasteiger partial charge in [-0.25, -0.2) is 0 Å². The van der Waals surface area contributed by atoms with Gasteiger partial charge in [-0.2, -0.15) is 0 Å². The van der Waals surface area contributed by atoms with Gasteiger partial charge in [-0.1, -0.05) is 24.8 Å². The molecule has 3 nitrogen and oxygen atoms in total. The highest BCUT2D eigenvalue weighted by Gasteiger charge is 2.06. The molecule has 0 aromatic rings. The summed E-state index contributed by atoms with van der Waals surface area (Å²) >= 11 is 0. The lowest BCUT2D eigenvalue weighted by molar-refractivity contribution is 1.02. The lowest BCUT2D eigenvalue weighted by Gasteiger charge is -2.02. The standard InChI is InChI=1S/C7H13N3Si/c1-11(2,3)7-5-4-6-9-10-8/h4,6H2,1-3H3. The summed E-state index contributed by atoms with van der Waals surface area (Å²) < 4.78 is 0. The zero-order valence-electron chi connectivity index (χ0n) is 7.26. The van der Waals surface area contributed by atoms with Crippen molar-refractivity contribution in [2.75, 3.05) is 6.54 Å². The van der Waals surface area contributed by atoms with E-state index < -0.39 is 8.07 Å². The van der Waals surface area contributed by atoms with Crippen molar-refractivity contribution in [2.45, 2.75) is 26.1 Å². The Morgan fingerprint density at radius 2 is 2.09 bits per heavy atom. The molecule has 0 unspecified atom stereocenters. The van der Waals surface area contributed by atoms with Crippen LogP contribution in [0.5, 0.6) is 0 Å². The minimum absolute atomic E-state index is 0.494. The van der Waals surface area contributed by atoms with Crippen LogP contribution in [-0.4, -0.2) is 14.6 Å². The van der Waals surface area contributed by atoms with E-state index in [1.165, 1.54) is 0 Å². The van der Waals surface area contributed by atoms with Gasteiger partial charge >= 0.3 is 0 Å². The van der Waals surface area contributed by atoms with Crippen LogP contribution in [0.1, 0.15) is 6.42 Å². The first-order valence-corrected chi connectivity index (χ1v) is 7.07. The molecule has 4 heteroatoms. The van der Waals surface area contributed by atoms with Crippen LogP contribution in [0, 0.1) is 11.5 Å². The van der Waals surface area contributed by atoms with E-state index in [0.29, 0.717) is 13.0 Å². The van der Waals surface area contributed by atoms with Crippen LogP contribution in [0.15, 0.2) is 5.11 Å². The summed E-state index contributed by atoms with van der Waals surface area (Å²) in [5.41, 5.74) is 11.1. The van der Waals surface area contributed by atoms with Crippen molar-refractivity contribution >= 4 is 8.07 Å². The molecule has 0 rings (SSSR count). The summed E-state index contributed by atoms with van der Waals surface area (Å²) in [6.45, 7) is 7.06. The highest BCUT2D eigenvalue weighted by atomic mass is 28.3. The van der Waals surface area contributed by atoms with Crippen molar-refractivity contribution in [1.29, 1.82) is 0 Å². The predicted molar refractivity (Wildman–Crippen MR) is 49.8 cm³/mol. The van der Waals surface area contributed by atoms with Crippen molar-refractivity contribution in [3.63, 3.8) is 0 Å². The number of azide groups is 1. The highest BCUT2D eigenvalue weighted by Crippen LogP contribution is 1.96. The Hall–Kier alpha value is -0.913. The molecule has 0 aromatic heterocycles. The zero-order chi connectivity index (χ0) is 8.74. The molecule has 0 heterocycles. The van der Waals surface area contributed by atoms with Gasteiger partial charge < -0.3 is 0 Å². The molecule has 0 atom stereocenters. The summed E-state index contributed by atoms with van der Waals surface area (Å²) in [7, 11) is -1.21. The van der Waals surface area contributed by atoms with Crippen LogP contribution in [0.25, 0.3) is 10.4 Å². The van der Waals surface area contributed by atoms with Gasteiger partial charge in [0, 0.05) is 17.9 Å². The average molecular weight is 167 g/mol. The van der Waals surface area contributed by atoms with Crippen molar-refractivity contribution in [3.8, 4) is 11.5 Å². The first-order valence-electron chi connectivity index (χ1n) is 3.57. The zero-order valence-corrected chi connectivity index (χ0v) is 8.26. The normalized spacial score (nSPS) is 9.36. The maximum absolute atomic E-state index is 7.94. The van der Waals surface area contributed by atoms with E-state index in [-0.39, 0.29) is 0 Å². The molecule has 11 heavy (non-hydrogen) atoms. The molecule has 0 aliphatic carbocycles. The van der Waals surface area contributed by atoms with E-state index in [1.807, 2.05) is 0 Å². The van der Waals surface area contributed by atoms with Crippen LogP contribution in [-0.2, 0) is 0 Å². The minimum atomic E-state index is -1.21. The molecule has 60 valence electrons. The third kappa shape index (κ3) is 9.09. The fourth-order valence-corrected chi connectivity index (χ4v) is 1.13. The molecule has 0 bridgehead atoms. The van der Waals surface area contributed by atoms with E-state index >= 15 is 0 Å². The lowest BCUT2D eigenvalue weighted by Crippen LogP contribution is -2.16. The molecule has 0 aliphatic heterocycles. The highest BCUT2D eigenvalue weighted by molar-refractivity contribution is 6.83. The number of hydrogen-bond donors (Lipinski definition) is 0. The number of nitrogens with zero attached hydrogens (tertiary/aromatic N) is 3. The summed E-state index contributed by atoms with van der Waals surface area (Å²) in [6.07, 6.45) is 0.689. The molecular weight excluding hydrogens is 154 g/mol. The lowest BCUT2D eigenvalue weighted by atomic mass is 10.5. The van der Waals surface area contributed by atoms with Crippen LogP contribution in [0.2, 0.25) is 19.6 Å². The quantitative estimate of drug-likeness (QED) is 0.152. The predicted octanol–water partition coefficient (Wildman–Crippen LogP) is 2.57. The van der Waals surface area contributed by atoms with E-state index in [4.69, 9.17) is 5.53 Å². The molecule has 0 fully saturated rings. The molecule has 0 amide bonds. The van der Waals surface area contributed by atoms with Gasteiger partial charge in [0.2, 0.25) is 0 Å². The fraction of sp³-hybridized carbons (Fsp3) is 0.714. The van der Waals surface area contributed by atoms with Gasteiger partial charge in [0.25, 0.3) is 0 Å². The van der Waals surface area contributed by atoms with E-state index in [9.17, 15) is 0 Å². The third-order valence-electron chi connectivity index (χ3n) is 0.863. The van der Waals surface area contributed by atoms with Crippen LogP contribution in [0.4, 0.5) is 0 Å². The Morgan fingerprint density at radius 3 is 2.55 bits per heavy atom. The minimum Gasteiger partial charge on any atom is -0.132 e. The van der Waals surface area contributed by atoms with Gasteiger partial charge in [0.1, 0.15) is 8.07 Å². The molecular formula is C7H13N3Si. The Balaban J connectivity index is 3.65. The number of hydrogen-bond acceptors (Lipinski definition) is 1. The van der Waals surface area contributed by atoms with E-state index in [0.717, 1.165) is 0 Å². The van der Waals surface area contributed by atoms with Crippen LogP contribution < -0.4 is 0 Å². The van der Waals surface area contributed by atoms with E-state index in [2.05, 4.69) is 41.1 Å². The van der Waals surface area contributed by atoms with Crippen molar-refractivity contribution < 1.29 is 0 Å². The molecule has 0 N–H and O–H groups in total. The fourth-order valence-electron chi connectivity index (χ4n) is 0.478. The second-order valence-corrected chi connectivity index (χ2v) is 8.01. The summed E-state index contributed by atoms with van der Waals surface area (Å²) in [4.78, 5) is 2.64. The van der Waals surface area contributed by atoms with Gasteiger partial charge in [0.15, 0.2) is 0 Å². The Kier molecular flexibility index (Phi) is 4.43. The largest absolute Gasteiger partial charge is 0.132 e. The maximum atomic E-state index is 7.94. The first-order chi connectivity index (χ1) is 5.06. The molecule has 0 aromatic carbocycles. The second kappa shape index (κ2) is 4.83. The Bertz CT molecular complexity index is 212. The van der Waals surface area contributed by atoms with Gasteiger partial charge in [-0.3, -0.25) is 0 Å². The van der Waals surface area contributed by atoms with E-state index in [1.54, 1.807) is 0 Å². The van der Waals surface area contributed by atoms with Gasteiger partial charge in [0.05, 0.1) is 0 Å². The monoisotopic (exact) mass is 167 g/mol. The van der Waals surface area contributed by atoms with Crippen LogP contribution >= 0.6 is 0 Å². The molecule has 0 radical (unpaired) electrons. The molecule has 0 saturated heterocycles. The Labute approximate surface area is 68.4 Å². The smallest absolute Gasteiger partial charge is 0.129 e. The summed E-state index contributed by atoms with van der Waals surface area (Å²) in [5.74, 6) is 3.01. The van der Waals surface area contributed by atoms with Crippen molar-refractivity contribution in [1.82, 2.24) is 0 Å². The average Bonchev–Trinajstić information content (AvgIpc) is 1.85. The Morgan fingerprint density at radius 1 is 1.45 bits per heavy atom. The summed E-state index contributed by atoms with van der Waals surface area (Å²) in [5, 5.41) is 3.38. The van der Waals surface area contributed by atoms with Crippen LogP contribution in [0.3, 0.4) is 0 Å². The maximum Gasteiger partial charge on any atom is 0.129 e. The summed E-state index contributed by atoms with van der Waals surface area (Å²) in [6, 6.07) is 0. The first kappa shape index (κ1) is 10.1. The van der Waals surface area contributed by atoms with Gasteiger partial charge in [-0.05, 0) is 5.53 Å². The molecule has 0 aliphatic rings. The third-order valence-corrected chi connectivity index (χ3v) is 1.79. The SMILES string of the molecule is C[Si](C)(C)C#CCCN=[N+]=[N-]. The molecule has 0 saturated carbocycles. The molecule has 0 spiro atoms. The van der Waals surface area contributed by atoms with Crippen molar-refractivity contribution in [3.05, 3.63) is 10.4 Å². The topological polar surface area (TPSA) is 48.8 Å². The number of rotatable bonds is 2. The van der Waals surface area contributed by atoms with Gasteiger partial charge in [-0.15, -0.1) is 11.5 Å². The van der Waals surface area contributed by atoms with Crippen molar-refractivity contribution in [2.24, 2.45) is 5.11 Å².